The molecule has 3 rings (SSSR count). The van der Waals surface area contributed by atoms with Crippen molar-refractivity contribution >= 4 is 11.8 Å². The Morgan fingerprint density at radius 2 is 1.78 bits per heavy atom. The zero-order valence-electron chi connectivity index (χ0n) is 17.2. The lowest BCUT2D eigenvalue weighted by Gasteiger charge is -2.39. The second-order valence-corrected chi connectivity index (χ2v) is 8.79. The molecule has 0 aliphatic carbocycles. The zero-order valence-corrected chi connectivity index (χ0v) is 17.2. The summed E-state index contributed by atoms with van der Waals surface area (Å²) < 4.78 is 0. The summed E-state index contributed by atoms with van der Waals surface area (Å²) in [7, 11) is 0. The lowest BCUT2D eigenvalue weighted by molar-refractivity contribution is -0.133. The van der Waals surface area contributed by atoms with E-state index in [1.54, 1.807) is 6.20 Å². The van der Waals surface area contributed by atoms with E-state index in [4.69, 9.17) is 0 Å². The molecule has 150 valence electrons. The Bertz CT molecular complexity index is 651. The van der Waals surface area contributed by atoms with Gasteiger partial charge in [0, 0.05) is 37.5 Å². The summed E-state index contributed by atoms with van der Waals surface area (Å²) in [6.07, 6.45) is 7.41. The van der Waals surface area contributed by atoms with Gasteiger partial charge in [0.15, 0.2) is 0 Å². The van der Waals surface area contributed by atoms with E-state index in [1.807, 2.05) is 9.80 Å². The number of aromatic nitrogens is 2. The molecule has 3 heterocycles. The van der Waals surface area contributed by atoms with Crippen molar-refractivity contribution < 1.29 is 9.59 Å². The fourth-order valence-corrected chi connectivity index (χ4v) is 4.63. The van der Waals surface area contributed by atoms with Crippen molar-refractivity contribution in [3.8, 4) is 0 Å². The Kier molecular flexibility index (Phi) is 6.22. The van der Waals surface area contributed by atoms with Gasteiger partial charge in [-0.15, -0.1) is 0 Å². The van der Waals surface area contributed by atoms with Gasteiger partial charge in [-0.3, -0.25) is 14.7 Å². The Hall–Kier alpha value is -1.85. The number of carbonyl (C=O) groups is 2. The van der Waals surface area contributed by atoms with Crippen LogP contribution in [0.1, 0.15) is 88.2 Å². The van der Waals surface area contributed by atoms with E-state index < -0.39 is 0 Å². The van der Waals surface area contributed by atoms with E-state index in [2.05, 4.69) is 37.9 Å². The molecule has 0 bridgehead atoms. The van der Waals surface area contributed by atoms with Crippen LogP contribution in [-0.2, 0) is 4.79 Å². The van der Waals surface area contributed by atoms with Crippen LogP contribution in [0, 0.1) is 5.92 Å². The number of piperidine rings is 2. The van der Waals surface area contributed by atoms with Crippen molar-refractivity contribution in [2.75, 3.05) is 13.1 Å². The number of aromatic amines is 1. The van der Waals surface area contributed by atoms with Crippen molar-refractivity contribution in [3.63, 3.8) is 0 Å². The van der Waals surface area contributed by atoms with Crippen molar-refractivity contribution in [1.82, 2.24) is 20.0 Å². The van der Waals surface area contributed by atoms with Crippen LogP contribution in [0.3, 0.4) is 0 Å². The molecule has 2 amide bonds. The molecule has 1 N–H and O–H groups in total. The van der Waals surface area contributed by atoms with E-state index in [9.17, 15) is 9.59 Å². The minimum Gasteiger partial charge on any atom is -0.343 e. The third-order valence-electron chi connectivity index (χ3n) is 6.17. The predicted molar refractivity (Wildman–Crippen MR) is 106 cm³/mol. The van der Waals surface area contributed by atoms with Gasteiger partial charge in [0.2, 0.25) is 5.91 Å². The minimum atomic E-state index is 0.108. The summed E-state index contributed by atoms with van der Waals surface area (Å²) in [5, 5.41) is 7.30. The van der Waals surface area contributed by atoms with Crippen LogP contribution < -0.4 is 0 Å². The van der Waals surface area contributed by atoms with Gasteiger partial charge in [-0.25, -0.2) is 0 Å². The SMILES string of the molecule is CC(C)CC(=O)N1CCC(c2[nH]ncc2C(=O)N2[C@H](C)CCC[C@@H]2C)CC1. The molecule has 27 heavy (non-hydrogen) atoms. The molecule has 0 spiro atoms. The fourth-order valence-electron chi connectivity index (χ4n) is 4.63. The Balaban J connectivity index is 1.67. The number of likely N-dealkylation sites (tertiary alicyclic amines) is 2. The number of nitrogens with one attached hydrogen (secondary N) is 1. The van der Waals surface area contributed by atoms with Crippen molar-refractivity contribution in [2.24, 2.45) is 5.92 Å². The largest absolute Gasteiger partial charge is 0.343 e. The normalized spacial score (nSPS) is 24.5. The second-order valence-electron chi connectivity index (χ2n) is 8.79. The van der Waals surface area contributed by atoms with Crippen LogP contribution in [0.4, 0.5) is 0 Å². The van der Waals surface area contributed by atoms with E-state index in [-0.39, 0.29) is 29.8 Å². The first kappa shape index (κ1) is 19.9. The van der Waals surface area contributed by atoms with Gasteiger partial charge in [-0.2, -0.15) is 5.10 Å². The van der Waals surface area contributed by atoms with Crippen molar-refractivity contribution in [1.29, 1.82) is 0 Å². The summed E-state index contributed by atoms with van der Waals surface area (Å²) in [6, 6.07) is 0.555. The van der Waals surface area contributed by atoms with Gasteiger partial charge in [0.25, 0.3) is 5.91 Å². The van der Waals surface area contributed by atoms with E-state index in [1.165, 1.54) is 6.42 Å². The summed E-state index contributed by atoms with van der Waals surface area (Å²) in [5.74, 6) is 1.02. The number of H-pyrrole nitrogens is 1. The van der Waals surface area contributed by atoms with Crippen molar-refractivity contribution in [3.05, 3.63) is 17.5 Å². The lowest BCUT2D eigenvalue weighted by Crippen LogP contribution is -2.47. The summed E-state index contributed by atoms with van der Waals surface area (Å²) in [6.45, 7) is 9.97. The van der Waals surface area contributed by atoms with Gasteiger partial charge in [-0.1, -0.05) is 13.8 Å². The van der Waals surface area contributed by atoms with E-state index >= 15 is 0 Å². The minimum absolute atomic E-state index is 0.108. The first-order valence-electron chi connectivity index (χ1n) is 10.5. The highest BCUT2D eigenvalue weighted by atomic mass is 16.2. The third kappa shape index (κ3) is 4.36. The molecular formula is C21H34N4O2. The molecule has 2 atom stereocenters. The smallest absolute Gasteiger partial charge is 0.257 e. The van der Waals surface area contributed by atoms with Gasteiger partial charge >= 0.3 is 0 Å². The summed E-state index contributed by atoms with van der Waals surface area (Å²) in [4.78, 5) is 29.6. The van der Waals surface area contributed by atoms with E-state index in [0.717, 1.165) is 50.0 Å². The molecule has 2 saturated heterocycles. The van der Waals surface area contributed by atoms with Crippen LogP contribution in [0.5, 0.6) is 0 Å². The highest BCUT2D eigenvalue weighted by Gasteiger charge is 2.34. The highest BCUT2D eigenvalue weighted by Crippen LogP contribution is 2.32. The molecule has 6 heteroatoms. The van der Waals surface area contributed by atoms with Crippen LogP contribution >= 0.6 is 0 Å². The number of nitrogens with zero attached hydrogens (tertiary/aromatic N) is 3. The van der Waals surface area contributed by atoms with Gasteiger partial charge in [-0.05, 0) is 51.9 Å². The maximum atomic E-state index is 13.2. The third-order valence-corrected chi connectivity index (χ3v) is 6.17. The maximum Gasteiger partial charge on any atom is 0.257 e. The summed E-state index contributed by atoms with van der Waals surface area (Å²) >= 11 is 0. The molecule has 2 aliphatic heterocycles. The molecule has 0 radical (unpaired) electrons. The number of carbonyl (C=O) groups excluding carboxylic acids is 2. The molecule has 2 aliphatic rings. The van der Waals surface area contributed by atoms with Gasteiger partial charge in [0.1, 0.15) is 0 Å². The fraction of sp³-hybridized carbons (Fsp3) is 0.762. The number of hydrogen-bond donors (Lipinski definition) is 1. The van der Waals surface area contributed by atoms with Gasteiger partial charge in [0.05, 0.1) is 17.5 Å². The first-order valence-corrected chi connectivity index (χ1v) is 10.5. The number of amides is 2. The topological polar surface area (TPSA) is 69.3 Å². The van der Waals surface area contributed by atoms with Crippen LogP contribution in [0.2, 0.25) is 0 Å². The quantitative estimate of drug-likeness (QED) is 0.876. The molecular weight excluding hydrogens is 340 g/mol. The second kappa shape index (κ2) is 8.44. The summed E-state index contributed by atoms with van der Waals surface area (Å²) in [5.41, 5.74) is 1.68. The molecule has 6 nitrogen and oxygen atoms in total. The maximum absolute atomic E-state index is 13.2. The molecule has 0 unspecified atom stereocenters. The predicted octanol–water partition coefficient (Wildman–Crippen LogP) is 3.56. The van der Waals surface area contributed by atoms with Crippen LogP contribution in [-0.4, -0.2) is 57.0 Å². The molecule has 0 aromatic carbocycles. The first-order chi connectivity index (χ1) is 12.9. The average Bonchev–Trinajstić information content (AvgIpc) is 3.10. The molecule has 0 saturated carbocycles. The van der Waals surface area contributed by atoms with Crippen LogP contribution in [0.25, 0.3) is 0 Å². The lowest BCUT2D eigenvalue weighted by atomic mass is 9.89. The van der Waals surface area contributed by atoms with Crippen molar-refractivity contribution in [2.45, 2.75) is 84.2 Å². The molecule has 1 aromatic rings. The number of hydrogen-bond acceptors (Lipinski definition) is 3. The standard InChI is InChI=1S/C21H34N4O2/c1-14(2)12-19(26)24-10-8-17(9-11-24)20-18(13-22-23-20)21(27)25-15(3)6-5-7-16(25)4/h13-17H,5-12H2,1-4H3,(H,22,23)/t15-,16+. The monoisotopic (exact) mass is 374 g/mol. The van der Waals surface area contributed by atoms with E-state index in [0.29, 0.717) is 12.3 Å². The Labute approximate surface area is 162 Å². The molecule has 1 aromatic heterocycles. The number of rotatable bonds is 4. The zero-order chi connectivity index (χ0) is 19.6. The Morgan fingerprint density at radius 3 is 2.37 bits per heavy atom. The average molecular weight is 375 g/mol. The molecule has 2 fully saturated rings. The van der Waals surface area contributed by atoms with Crippen LogP contribution in [0.15, 0.2) is 6.20 Å². The highest BCUT2D eigenvalue weighted by molar-refractivity contribution is 5.95. The van der Waals surface area contributed by atoms with Gasteiger partial charge < -0.3 is 9.80 Å². The Morgan fingerprint density at radius 1 is 1.15 bits per heavy atom.